The molecule has 11 heteroatoms. The van der Waals surface area contributed by atoms with Crippen molar-refractivity contribution in [3.05, 3.63) is 35.7 Å². The summed E-state index contributed by atoms with van der Waals surface area (Å²) in [7, 11) is -0.488. The van der Waals surface area contributed by atoms with E-state index >= 15 is 0 Å². The molecule has 2 heterocycles. The number of nitrogens with one attached hydrogen (secondary N) is 1. The van der Waals surface area contributed by atoms with Crippen molar-refractivity contribution in [3.8, 4) is 0 Å². The van der Waals surface area contributed by atoms with Crippen molar-refractivity contribution in [2.45, 2.75) is 30.7 Å². The van der Waals surface area contributed by atoms with Crippen LogP contribution in [0.2, 0.25) is 0 Å². The van der Waals surface area contributed by atoms with Gasteiger partial charge in [0, 0.05) is 27.2 Å². The normalized spacial score (nSPS) is 14.9. The van der Waals surface area contributed by atoms with Crippen LogP contribution in [-0.2, 0) is 16.6 Å². The number of aromatic nitrogens is 3. The Morgan fingerprint density at radius 1 is 1.07 bits per heavy atom. The minimum absolute atomic E-state index is 0.203. The van der Waals surface area contributed by atoms with Gasteiger partial charge in [-0.05, 0) is 37.5 Å². The second-order valence-electron chi connectivity index (χ2n) is 6.69. The quantitative estimate of drug-likeness (QED) is 0.772. The molecule has 0 aliphatic carbocycles. The van der Waals surface area contributed by atoms with E-state index in [0.717, 1.165) is 44.5 Å². The molecule has 2 aromatic rings. The van der Waals surface area contributed by atoms with Crippen LogP contribution in [0.4, 0.5) is 20.7 Å². The molecule has 0 unspecified atom stereocenters. The van der Waals surface area contributed by atoms with Crippen LogP contribution in [0, 0.1) is 11.6 Å². The summed E-state index contributed by atoms with van der Waals surface area (Å²) in [6, 6.07) is 2.40. The molecule has 1 saturated heterocycles. The molecule has 1 aliphatic heterocycles. The zero-order chi connectivity index (χ0) is 20.3. The maximum absolute atomic E-state index is 13.4. The lowest BCUT2D eigenvalue weighted by molar-refractivity contribution is 0.504. The largest absolute Gasteiger partial charge is 0.347 e. The fourth-order valence-electron chi connectivity index (χ4n) is 2.80. The van der Waals surface area contributed by atoms with Crippen molar-refractivity contribution in [3.63, 3.8) is 0 Å². The molecule has 0 atom stereocenters. The predicted octanol–water partition coefficient (Wildman–Crippen LogP) is 1.68. The first-order valence-corrected chi connectivity index (χ1v) is 10.4. The van der Waals surface area contributed by atoms with Crippen LogP contribution in [0.15, 0.2) is 23.1 Å². The van der Waals surface area contributed by atoms with Gasteiger partial charge in [-0.1, -0.05) is 0 Å². The second-order valence-corrected chi connectivity index (χ2v) is 8.46. The van der Waals surface area contributed by atoms with Crippen molar-refractivity contribution in [2.24, 2.45) is 0 Å². The van der Waals surface area contributed by atoms with Crippen LogP contribution in [0.3, 0.4) is 0 Å². The fraction of sp³-hybridized carbons (Fsp3) is 0.471. The third kappa shape index (κ3) is 4.71. The Morgan fingerprint density at radius 3 is 2.43 bits per heavy atom. The standard InChI is InChI=1S/C17H22F2N6O2S/c1-24(2)16-21-15(22-17(23-16)25-8-4-3-5-9-25)11-20-28(26,27)12-6-7-13(18)14(19)10-12/h6-7,10,20H,3-5,8-9,11H2,1-2H3. The maximum atomic E-state index is 13.4. The number of nitrogens with zero attached hydrogens (tertiary/aromatic N) is 5. The highest BCUT2D eigenvalue weighted by atomic mass is 32.2. The third-order valence-corrected chi connectivity index (χ3v) is 5.72. The van der Waals surface area contributed by atoms with Gasteiger partial charge in [0.2, 0.25) is 21.9 Å². The van der Waals surface area contributed by atoms with Crippen LogP contribution >= 0.6 is 0 Å². The van der Waals surface area contributed by atoms with Crippen LogP contribution < -0.4 is 14.5 Å². The molecule has 3 rings (SSSR count). The molecule has 0 amide bonds. The molecule has 0 radical (unpaired) electrons. The molecule has 28 heavy (non-hydrogen) atoms. The van der Waals surface area contributed by atoms with Gasteiger partial charge in [-0.2, -0.15) is 15.0 Å². The van der Waals surface area contributed by atoms with Gasteiger partial charge in [0.05, 0.1) is 11.4 Å². The number of anilines is 2. The van der Waals surface area contributed by atoms with Gasteiger partial charge in [0.15, 0.2) is 17.5 Å². The van der Waals surface area contributed by atoms with E-state index in [1.54, 1.807) is 19.0 Å². The number of sulfonamides is 1. The molecule has 1 aromatic carbocycles. The van der Waals surface area contributed by atoms with Crippen LogP contribution in [0.25, 0.3) is 0 Å². The Hall–Kier alpha value is -2.40. The van der Waals surface area contributed by atoms with Crippen molar-refractivity contribution in [1.82, 2.24) is 19.7 Å². The summed E-state index contributed by atoms with van der Waals surface area (Å²) in [6.07, 6.45) is 3.24. The lowest BCUT2D eigenvalue weighted by atomic mass is 10.1. The minimum Gasteiger partial charge on any atom is -0.347 e. The lowest BCUT2D eigenvalue weighted by Gasteiger charge is -2.27. The number of rotatable bonds is 6. The van der Waals surface area contributed by atoms with E-state index in [9.17, 15) is 17.2 Å². The van der Waals surface area contributed by atoms with Crippen LogP contribution in [0.5, 0.6) is 0 Å². The van der Waals surface area contributed by atoms with Crippen molar-refractivity contribution in [1.29, 1.82) is 0 Å². The Balaban J connectivity index is 1.82. The Labute approximate surface area is 162 Å². The summed E-state index contributed by atoms with van der Waals surface area (Å²) in [6.45, 7) is 1.46. The molecule has 0 saturated carbocycles. The van der Waals surface area contributed by atoms with Gasteiger partial charge in [-0.25, -0.2) is 21.9 Å². The second kappa shape index (κ2) is 8.31. The van der Waals surface area contributed by atoms with Crippen LogP contribution in [0.1, 0.15) is 25.1 Å². The summed E-state index contributed by atoms with van der Waals surface area (Å²) < 4.78 is 53.5. The lowest BCUT2D eigenvalue weighted by Crippen LogP contribution is -2.33. The first kappa shape index (κ1) is 20.3. The van der Waals surface area contributed by atoms with E-state index in [0.29, 0.717) is 18.0 Å². The Morgan fingerprint density at radius 2 is 1.79 bits per heavy atom. The summed E-state index contributed by atoms with van der Waals surface area (Å²) in [4.78, 5) is 16.5. The number of hydrogen-bond donors (Lipinski definition) is 1. The van der Waals surface area contributed by atoms with Gasteiger partial charge >= 0.3 is 0 Å². The highest BCUT2D eigenvalue weighted by molar-refractivity contribution is 7.89. The fourth-order valence-corrected chi connectivity index (χ4v) is 3.79. The summed E-state index contributed by atoms with van der Waals surface area (Å²) in [5, 5.41) is 0. The zero-order valence-corrected chi connectivity index (χ0v) is 16.5. The summed E-state index contributed by atoms with van der Waals surface area (Å²) in [5.41, 5.74) is 0. The number of benzene rings is 1. The van der Waals surface area contributed by atoms with Crippen molar-refractivity contribution < 1.29 is 17.2 Å². The Bertz CT molecular complexity index is 949. The topological polar surface area (TPSA) is 91.3 Å². The van der Waals surface area contributed by atoms with E-state index < -0.39 is 21.7 Å². The molecular formula is C17H22F2N6O2S. The molecule has 152 valence electrons. The van der Waals surface area contributed by atoms with Crippen molar-refractivity contribution in [2.75, 3.05) is 37.0 Å². The zero-order valence-electron chi connectivity index (χ0n) is 15.7. The van der Waals surface area contributed by atoms with E-state index in [4.69, 9.17) is 0 Å². The highest BCUT2D eigenvalue weighted by Gasteiger charge is 2.20. The molecule has 1 fully saturated rings. The first-order valence-electron chi connectivity index (χ1n) is 8.88. The highest BCUT2D eigenvalue weighted by Crippen LogP contribution is 2.18. The van der Waals surface area contributed by atoms with E-state index in [1.165, 1.54) is 0 Å². The predicted molar refractivity (Wildman–Crippen MR) is 101 cm³/mol. The van der Waals surface area contributed by atoms with Gasteiger partial charge < -0.3 is 9.80 Å². The minimum atomic E-state index is -4.05. The molecule has 1 aliphatic rings. The van der Waals surface area contributed by atoms with Gasteiger partial charge in [0.1, 0.15) is 0 Å². The summed E-state index contributed by atoms with van der Waals surface area (Å²) in [5.74, 6) is -1.19. The number of hydrogen-bond acceptors (Lipinski definition) is 7. The molecular weight excluding hydrogens is 390 g/mol. The van der Waals surface area contributed by atoms with Crippen LogP contribution in [-0.4, -0.2) is 50.6 Å². The smallest absolute Gasteiger partial charge is 0.241 e. The summed E-state index contributed by atoms with van der Waals surface area (Å²) >= 11 is 0. The number of piperidine rings is 1. The van der Waals surface area contributed by atoms with Gasteiger partial charge in [-0.15, -0.1) is 0 Å². The van der Waals surface area contributed by atoms with E-state index in [-0.39, 0.29) is 17.3 Å². The van der Waals surface area contributed by atoms with Crippen molar-refractivity contribution >= 4 is 21.9 Å². The molecule has 0 bridgehead atoms. The first-order chi connectivity index (χ1) is 13.3. The Kier molecular flexibility index (Phi) is 6.04. The molecule has 0 spiro atoms. The van der Waals surface area contributed by atoms with E-state index in [2.05, 4.69) is 19.7 Å². The van der Waals surface area contributed by atoms with E-state index in [1.807, 2.05) is 4.90 Å². The monoisotopic (exact) mass is 412 g/mol. The third-order valence-electron chi connectivity index (χ3n) is 4.32. The average Bonchev–Trinajstić information content (AvgIpc) is 2.69. The SMILES string of the molecule is CN(C)c1nc(CNS(=O)(=O)c2ccc(F)c(F)c2)nc(N2CCCCC2)n1. The van der Waals surface area contributed by atoms with Gasteiger partial charge in [0.25, 0.3) is 0 Å². The average molecular weight is 412 g/mol. The molecule has 1 aromatic heterocycles. The molecule has 8 nitrogen and oxygen atoms in total. The molecule has 1 N–H and O–H groups in total. The number of halogens is 2. The maximum Gasteiger partial charge on any atom is 0.241 e. The van der Waals surface area contributed by atoms with Gasteiger partial charge in [-0.3, -0.25) is 0 Å².